The zero-order chi connectivity index (χ0) is 18.9. The van der Waals surface area contributed by atoms with E-state index in [1.807, 2.05) is 25.3 Å². The van der Waals surface area contributed by atoms with Gasteiger partial charge in [-0.25, -0.2) is 4.98 Å². The third-order valence-corrected chi connectivity index (χ3v) is 4.69. The fourth-order valence-corrected chi connectivity index (χ4v) is 3.27. The minimum Gasteiger partial charge on any atom is -0.493 e. The zero-order valence-corrected chi connectivity index (χ0v) is 16.7. The first kappa shape index (κ1) is 19.8. The molecule has 0 amide bonds. The van der Waals surface area contributed by atoms with E-state index >= 15 is 0 Å². The third kappa shape index (κ3) is 5.01. The molecule has 0 fully saturated rings. The summed E-state index contributed by atoms with van der Waals surface area (Å²) < 4.78 is 16.3. The topological polar surface area (TPSA) is 77.0 Å². The summed E-state index contributed by atoms with van der Waals surface area (Å²) in [5.74, 6) is 2.68. The van der Waals surface area contributed by atoms with Crippen LogP contribution in [0.2, 0.25) is 0 Å². The molecule has 8 heteroatoms. The molecule has 0 atom stereocenters. The van der Waals surface area contributed by atoms with E-state index in [2.05, 4.69) is 20.6 Å². The van der Waals surface area contributed by atoms with Gasteiger partial charge in [-0.3, -0.25) is 4.99 Å². The second-order valence-electron chi connectivity index (χ2n) is 5.46. The number of aliphatic imine (C=N–C) groups is 1. The van der Waals surface area contributed by atoms with E-state index in [1.54, 1.807) is 39.7 Å². The van der Waals surface area contributed by atoms with Crippen molar-refractivity contribution in [1.29, 1.82) is 0 Å². The van der Waals surface area contributed by atoms with E-state index < -0.39 is 0 Å². The van der Waals surface area contributed by atoms with Gasteiger partial charge < -0.3 is 24.8 Å². The summed E-state index contributed by atoms with van der Waals surface area (Å²) in [4.78, 5) is 9.78. The summed E-state index contributed by atoms with van der Waals surface area (Å²) in [5.41, 5.74) is 1.03. The molecule has 0 radical (unpaired) electrons. The highest BCUT2D eigenvalue weighted by molar-refractivity contribution is 7.11. The van der Waals surface area contributed by atoms with Crippen LogP contribution in [0.4, 0.5) is 0 Å². The van der Waals surface area contributed by atoms with Gasteiger partial charge >= 0.3 is 0 Å². The van der Waals surface area contributed by atoms with Crippen LogP contribution in [0.3, 0.4) is 0 Å². The number of ether oxygens (including phenoxy) is 3. The van der Waals surface area contributed by atoms with Gasteiger partial charge in [0, 0.05) is 30.2 Å². The Morgan fingerprint density at radius 2 is 1.88 bits per heavy atom. The van der Waals surface area contributed by atoms with Gasteiger partial charge in [0.25, 0.3) is 0 Å². The van der Waals surface area contributed by atoms with Gasteiger partial charge in [-0.1, -0.05) is 6.07 Å². The second kappa shape index (κ2) is 9.86. The number of aromatic nitrogens is 1. The summed E-state index contributed by atoms with van der Waals surface area (Å²) in [6.07, 6.45) is 2.63. The van der Waals surface area contributed by atoms with Gasteiger partial charge in [-0.2, -0.15) is 0 Å². The molecule has 1 heterocycles. The number of aryl methyl sites for hydroxylation is 1. The highest BCUT2D eigenvalue weighted by Crippen LogP contribution is 2.39. The molecule has 2 rings (SSSR count). The first-order valence-corrected chi connectivity index (χ1v) is 9.08. The fraction of sp³-hybridized carbons (Fsp3) is 0.444. The van der Waals surface area contributed by atoms with Crippen LogP contribution in [-0.4, -0.2) is 45.9 Å². The fourth-order valence-electron chi connectivity index (χ4n) is 2.54. The standard InChI is InChI=1S/C18H26N4O3S/c1-12-10-21-15(26-12)11-22-18(19-2)20-9-8-13-6-7-14(23-3)17(25-5)16(13)24-4/h6-7,10H,8-9,11H2,1-5H3,(H2,19,20,22). The number of hydrogen-bond donors (Lipinski definition) is 2. The molecule has 0 bridgehead atoms. The van der Waals surface area contributed by atoms with E-state index in [4.69, 9.17) is 14.2 Å². The van der Waals surface area contributed by atoms with Crippen molar-refractivity contribution in [1.82, 2.24) is 15.6 Å². The molecule has 142 valence electrons. The Labute approximate surface area is 158 Å². The lowest BCUT2D eigenvalue weighted by molar-refractivity contribution is 0.322. The number of hydrogen-bond acceptors (Lipinski definition) is 6. The van der Waals surface area contributed by atoms with Crippen molar-refractivity contribution >= 4 is 17.3 Å². The molecule has 0 aliphatic carbocycles. The largest absolute Gasteiger partial charge is 0.493 e. The van der Waals surface area contributed by atoms with Crippen LogP contribution in [0, 0.1) is 6.92 Å². The van der Waals surface area contributed by atoms with Gasteiger partial charge in [0.2, 0.25) is 5.75 Å². The molecule has 2 N–H and O–H groups in total. The van der Waals surface area contributed by atoms with E-state index in [0.29, 0.717) is 30.3 Å². The molecule has 1 aromatic heterocycles. The molecular formula is C18H26N4O3S. The van der Waals surface area contributed by atoms with Crippen molar-refractivity contribution in [3.63, 3.8) is 0 Å². The summed E-state index contributed by atoms with van der Waals surface area (Å²) in [5, 5.41) is 7.60. The molecule has 0 aliphatic heterocycles. The Morgan fingerprint density at radius 3 is 2.46 bits per heavy atom. The number of thiazole rings is 1. The van der Waals surface area contributed by atoms with E-state index in [9.17, 15) is 0 Å². The lowest BCUT2D eigenvalue weighted by Crippen LogP contribution is -2.37. The van der Waals surface area contributed by atoms with Gasteiger partial charge in [0.05, 0.1) is 27.9 Å². The van der Waals surface area contributed by atoms with Crippen molar-refractivity contribution in [2.45, 2.75) is 19.9 Å². The van der Waals surface area contributed by atoms with Crippen molar-refractivity contribution in [3.8, 4) is 17.2 Å². The van der Waals surface area contributed by atoms with E-state index in [0.717, 1.165) is 23.0 Å². The van der Waals surface area contributed by atoms with Crippen molar-refractivity contribution in [3.05, 3.63) is 33.8 Å². The summed E-state index contributed by atoms with van der Waals surface area (Å²) in [7, 11) is 6.59. The van der Waals surface area contributed by atoms with E-state index in [-0.39, 0.29) is 0 Å². The minimum atomic E-state index is 0.606. The Kier molecular flexibility index (Phi) is 7.53. The van der Waals surface area contributed by atoms with Gasteiger partial charge in [-0.15, -0.1) is 11.3 Å². The molecule has 2 aromatic rings. The van der Waals surface area contributed by atoms with E-state index in [1.165, 1.54) is 4.88 Å². The summed E-state index contributed by atoms with van der Waals surface area (Å²) >= 11 is 1.67. The lowest BCUT2D eigenvalue weighted by Gasteiger charge is -2.16. The Hall–Kier alpha value is -2.48. The van der Waals surface area contributed by atoms with Gasteiger partial charge in [0.1, 0.15) is 5.01 Å². The first-order chi connectivity index (χ1) is 12.6. The molecule has 0 saturated heterocycles. The lowest BCUT2D eigenvalue weighted by atomic mass is 10.1. The van der Waals surface area contributed by atoms with Crippen molar-refractivity contribution in [2.75, 3.05) is 34.9 Å². The van der Waals surface area contributed by atoms with Crippen molar-refractivity contribution in [2.24, 2.45) is 4.99 Å². The highest BCUT2D eigenvalue weighted by atomic mass is 32.1. The van der Waals surface area contributed by atoms with Crippen molar-refractivity contribution < 1.29 is 14.2 Å². The minimum absolute atomic E-state index is 0.606. The number of benzene rings is 1. The molecule has 0 unspecified atom stereocenters. The third-order valence-electron chi connectivity index (χ3n) is 3.77. The highest BCUT2D eigenvalue weighted by Gasteiger charge is 2.15. The Morgan fingerprint density at radius 1 is 1.12 bits per heavy atom. The SMILES string of the molecule is CN=C(NCCc1ccc(OC)c(OC)c1OC)NCc1ncc(C)s1. The molecular weight excluding hydrogens is 352 g/mol. The number of guanidine groups is 1. The van der Waals surface area contributed by atoms with Gasteiger partial charge in [0.15, 0.2) is 17.5 Å². The molecule has 7 nitrogen and oxygen atoms in total. The predicted molar refractivity (Wildman–Crippen MR) is 105 cm³/mol. The number of nitrogens with one attached hydrogen (secondary N) is 2. The first-order valence-electron chi connectivity index (χ1n) is 8.26. The number of nitrogens with zero attached hydrogens (tertiary/aromatic N) is 2. The number of methoxy groups -OCH3 is 3. The van der Waals surface area contributed by atoms with Crippen LogP contribution in [0.5, 0.6) is 17.2 Å². The quantitative estimate of drug-likeness (QED) is 0.543. The average Bonchev–Trinajstić information content (AvgIpc) is 3.08. The summed E-state index contributed by atoms with van der Waals surface area (Å²) in [6.45, 7) is 3.39. The van der Waals surface area contributed by atoms with Crippen LogP contribution < -0.4 is 24.8 Å². The molecule has 0 aliphatic rings. The second-order valence-corrected chi connectivity index (χ2v) is 6.78. The van der Waals surface area contributed by atoms with Crippen LogP contribution in [0.1, 0.15) is 15.4 Å². The van der Waals surface area contributed by atoms with Crippen LogP contribution in [0.25, 0.3) is 0 Å². The Balaban J connectivity index is 1.93. The zero-order valence-electron chi connectivity index (χ0n) is 15.9. The summed E-state index contributed by atoms with van der Waals surface area (Å²) in [6, 6.07) is 3.87. The predicted octanol–water partition coefficient (Wildman–Crippen LogP) is 2.39. The van der Waals surface area contributed by atoms with Crippen LogP contribution >= 0.6 is 11.3 Å². The molecule has 0 spiro atoms. The maximum Gasteiger partial charge on any atom is 0.203 e. The Bertz CT molecular complexity index is 746. The van der Waals surface area contributed by atoms with Crippen LogP contribution in [0.15, 0.2) is 23.3 Å². The maximum absolute atomic E-state index is 5.52. The normalized spacial score (nSPS) is 11.2. The monoisotopic (exact) mass is 378 g/mol. The number of rotatable bonds is 8. The van der Waals surface area contributed by atoms with Crippen LogP contribution in [-0.2, 0) is 13.0 Å². The molecule has 0 saturated carbocycles. The maximum atomic E-state index is 5.52. The van der Waals surface area contributed by atoms with Gasteiger partial charge in [-0.05, 0) is 19.4 Å². The molecule has 26 heavy (non-hydrogen) atoms. The average molecular weight is 378 g/mol. The molecule has 1 aromatic carbocycles. The smallest absolute Gasteiger partial charge is 0.203 e.